The molecule has 3 N–H and O–H groups in total. The van der Waals surface area contributed by atoms with Gasteiger partial charge in [0, 0.05) is 17.1 Å². The van der Waals surface area contributed by atoms with E-state index in [0.29, 0.717) is 16.8 Å². The third-order valence-corrected chi connectivity index (χ3v) is 3.66. The quantitative estimate of drug-likeness (QED) is 0.703. The van der Waals surface area contributed by atoms with Crippen molar-refractivity contribution in [3.05, 3.63) is 64.1 Å². The monoisotopic (exact) mass is 391 g/mol. The average molecular weight is 392 g/mol. The molecule has 0 bridgehead atoms. The van der Waals surface area contributed by atoms with Crippen LogP contribution in [0.2, 0.25) is 0 Å². The van der Waals surface area contributed by atoms with Crippen molar-refractivity contribution in [2.75, 3.05) is 12.4 Å². The van der Waals surface area contributed by atoms with Gasteiger partial charge in [-0.15, -0.1) is 0 Å². The highest BCUT2D eigenvalue weighted by atomic mass is 79.9. The van der Waals surface area contributed by atoms with Gasteiger partial charge in [-0.3, -0.25) is 14.9 Å². The van der Waals surface area contributed by atoms with E-state index in [9.17, 15) is 9.59 Å². The average Bonchev–Trinajstić information content (AvgIpc) is 2.54. The van der Waals surface area contributed by atoms with Gasteiger partial charge in [0.05, 0.1) is 11.3 Å². The van der Waals surface area contributed by atoms with E-state index in [1.54, 1.807) is 49.5 Å². The van der Waals surface area contributed by atoms with Crippen molar-refractivity contribution in [2.24, 2.45) is 0 Å². The van der Waals surface area contributed by atoms with Crippen LogP contribution in [0.15, 0.2) is 53.0 Å². The van der Waals surface area contributed by atoms with Crippen LogP contribution in [-0.4, -0.2) is 24.0 Å². The fourth-order valence-corrected chi connectivity index (χ4v) is 2.49. The topological polar surface area (TPSA) is 70.2 Å². The largest absolute Gasteiger partial charge is 0.355 e. The Balaban J connectivity index is 2.08. The summed E-state index contributed by atoms with van der Waals surface area (Å²) in [6, 6.07) is 13.9. The first-order valence-electron chi connectivity index (χ1n) is 6.70. The first kappa shape index (κ1) is 17.1. The number of para-hydroxylation sites is 1. The molecule has 0 aliphatic carbocycles. The second-order valence-corrected chi connectivity index (χ2v) is 5.87. The Bertz CT molecular complexity index is 764. The third-order valence-electron chi connectivity index (χ3n) is 2.96. The lowest BCUT2D eigenvalue weighted by Crippen LogP contribution is -2.34. The second-order valence-electron chi connectivity index (χ2n) is 4.54. The molecule has 0 aromatic heterocycles. The zero-order chi connectivity index (χ0) is 16.8. The Labute approximate surface area is 147 Å². The van der Waals surface area contributed by atoms with Crippen LogP contribution in [0, 0.1) is 0 Å². The highest BCUT2D eigenvalue weighted by molar-refractivity contribution is 9.10. The lowest BCUT2D eigenvalue weighted by Gasteiger charge is -2.12. The number of hydrogen-bond acceptors (Lipinski definition) is 3. The maximum atomic E-state index is 12.1. The molecule has 0 unspecified atom stereocenters. The number of rotatable bonds is 3. The molecule has 0 heterocycles. The van der Waals surface area contributed by atoms with E-state index in [2.05, 4.69) is 31.9 Å². The van der Waals surface area contributed by atoms with Gasteiger partial charge < -0.3 is 10.6 Å². The van der Waals surface area contributed by atoms with E-state index in [0.717, 1.165) is 4.47 Å². The van der Waals surface area contributed by atoms with Crippen LogP contribution in [0.3, 0.4) is 0 Å². The molecule has 5 nitrogen and oxygen atoms in total. The molecule has 0 aliphatic rings. The molecule has 0 aliphatic heterocycles. The van der Waals surface area contributed by atoms with Gasteiger partial charge in [-0.25, -0.2) is 0 Å². The highest BCUT2D eigenvalue weighted by Gasteiger charge is 2.12. The molecule has 0 atom stereocenters. The van der Waals surface area contributed by atoms with Gasteiger partial charge in [-0.1, -0.05) is 34.1 Å². The van der Waals surface area contributed by atoms with E-state index in [1.807, 2.05) is 6.07 Å². The summed E-state index contributed by atoms with van der Waals surface area (Å²) in [5, 5.41) is 8.12. The zero-order valence-corrected chi connectivity index (χ0v) is 14.6. The number of benzene rings is 2. The van der Waals surface area contributed by atoms with Crippen molar-refractivity contribution >= 4 is 50.8 Å². The molecule has 2 aromatic carbocycles. The summed E-state index contributed by atoms with van der Waals surface area (Å²) in [7, 11) is 1.55. The van der Waals surface area contributed by atoms with Crippen LogP contribution in [0.4, 0.5) is 5.69 Å². The summed E-state index contributed by atoms with van der Waals surface area (Å²) >= 11 is 8.45. The lowest BCUT2D eigenvalue weighted by atomic mass is 10.1. The molecule has 7 heteroatoms. The van der Waals surface area contributed by atoms with Crippen molar-refractivity contribution in [3.63, 3.8) is 0 Å². The SMILES string of the molecule is CNC(=O)c1ccccc1NC(=S)NC(=O)c1cccc(Br)c1. The summed E-state index contributed by atoms with van der Waals surface area (Å²) in [6.07, 6.45) is 0. The molecule has 23 heavy (non-hydrogen) atoms. The highest BCUT2D eigenvalue weighted by Crippen LogP contribution is 2.15. The van der Waals surface area contributed by atoms with Gasteiger partial charge in [0.15, 0.2) is 5.11 Å². The smallest absolute Gasteiger partial charge is 0.257 e. The number of thiocarbonyl (C=S) groups is 1. The van der Waals surface area contributed by atoms with Crippen LogP contribution in [0.1, 0.15) is 20.7 Å². The molecule has 2 amide bonds. The summed E-state index contributed by atoms with van der Waals surface area (Å²) in [6.45, 7) is 0. The van der Waals surface area contributed by atoms with E-state index < -0.39 is 0 Å². The summed E-state index contributed by atoms with van der Waals surface area (Å²) < 4.78 is 0.800. The minimum absolute atomic E-state index is 0.117. The van der Waals surface area contributed by atoms with Gasteiger partial charge in [0.25, 0.3) is 11.8 Å². The minimum atomic E-state index is -0.332. The van der Waals surface area contributed by atoms with Crippen LogP contribution in [0.25, 0.3) is 0 Å². The standard InChI is InChI=1S/C16H14BrN3O2S/c1-18-15(22)12-7-2-3-8-13(12)19-16(23)20-14(21)10-5-4-6-11(17)9-10/h2-9H,1H3,(H,18,22)(H2,19,20,21,23). The predicted molar refractivity (Wildman–Crippen MR) is 97.7 cm³/mol. The Morgan fingerprint density at radius 3 is 2.48 bits per heavy atom. The third kappa shape index (κ3) is 4.61. The summed E-state index contributed by atoms with van der Waals surface area (Å²) in [5.74, 6) is -0.574. The molecular formula is C16H14BrN3O2S. The first-order valence-corrected chi connectivity index (χ1v) is 7.90. The van der Waals surface area contributed by atoms with Crippen molar-refractivity contribution in [1.29, 1.82) is 0 Å². The summed E-state index contributed by atoms with van der Waals surface area (Å²) in [4.78, 5) is 23.9. The Kier molecular flexibility index (Phi) is 5.84. The molecule has 2 rings (SSSR count). The summed E-state index contributed by atoms with van der Waals surface area (Å²) in [5.41, 5.74) is 1.43. The Morgan fingerprint density at radius 2 is 1.78 bits per heavy atom. The van der Waals surface area contributed by atoms with Gasteiger partial charge >= 0.3 is 0 Å². The van der Waals surface area contributed by atoms with Crippen LogP contribution in [-0.2, 0) is 0 Å². The number of amides is 2. The molecule has 0 spiro atoms. The number of anilines is 1. The fraction of sp³-hybridized carbons (Fsp3) is 0.0625. The number of carbonyl (C=O) groups is 2. The van der Waals surface area contributed by atoms with E-state index >= 15 is 0 Å². The van der Waals surface area contributed by atoms with Gasteiger partial charge in [0.2, 0.25) is 0 Å². The molecule has 0 radical (unpaired) electrons. The van der Waals surface area contributed by atoms with Crippen molar-refractivity contribution in [2.45, 2.75) is 0 Å². The van der Waals surface area contributed by atoms with Crippen molar-refractivity contribution in [3.8, 4) is 0 Å². The van der Waals surface area contributed by atoms with Gasteiger partial charge in [0.1, 0.15) is 0 Å². The molecule has 0 saturated carbocycles. The predicted octanol–water partition coefficient (Wildman–Crippen LogP) is 2.94. The number of halogens is 1. The van der Waals surface area contributed by atoms with Crippen LogP contribution < -0.4 is 16.0 Å². The lowest BCUT2D eigenvalue weighted by molar-refractivity contribution is 0.0961. The van der Waals surface area contributed by atoms with E-state index in [-0.39, 0.29) is 16.9 Å². The van der Waals surface area contributed by atoms with Gasteiger partial charge in [-0.2, -0.15) is 0 Å². The molecular weight excluding hydrogens is 378 g/mol. The van der Waals surface area contributed by atoms with Crippen LogP contribution in [0.5, 0.6) is 0 Å². The number of nitrogens with one attached hydrogen (secondary N) is 3. The first-order chi connectivity index (χ1) is 11.0. The molecule has 0 fully saturated rings. The maximum Gasteiger partial charge on any atom is 0.257 e. The second kappa shape index (κ2) is 7.85. The molecule has 2 aromatic rings. The van der Waals surface area contributed by atoms with Crippen molar-refractivity contribution < 1.29 is 9.59 Å². The van der Waals surface area contributed by atoms with E-state index in [4.69, 9.17) is 12.2 Å². The maximum absolute atomic E-state index is 12.1. The van der Waals surface area contributed by atoms with E-state index in [1.165, 1.54) is 0 Å². The Hall–Kier alpha value is -2.25. The number of carbonyl (C=O) groups excluding carboxylic acids is 2. The van der Waals surface area contributed by atoms with Crippen LogP contribution >= 0.6 is 28.1 Å². The van der Waals surface area contributed by atoms with Gasteiger partial charge in [-0.05, 0) is 42.5 Å². The minimum Gasteiger partial charge on any atom is -0.355 e. The molecule has 118 valence electrons. The zero-order valence-electron chi connectivity index (χ0n) is 12.2. The Morgan fingerprint density at radius 1 is 1.04 bits per heavy atom. The normalized spacial score (nSPS) is 9.83. The fourth-order valence-electron chi connectivity index (χ4n) is 1.88. The van der Waals surface area contributed by atoms with Crippen molar-refractivity contribution in [1.82, 2.24) is 10.6 Å². The number of hydrogen-bond donors (Lipinski definition) is 3. The molecule has 0 saturated heterocycles.